The van der Waals surface area contributed by atoms with Crippen molar-refractivity contribution in [3.63, 3.8) is 0 Å². The number of anilines is 6. The van der Waals surface area contributed by atoms with Gasteiger partial charge in [0.2, 0.25) is 0 Å². The summed E-state index contributed by atoms with van der Waals surface area (Å²) in [6.45, 7) is 9.04. The van der Waals surface area contributed by atoms with Gasteiger partial charge in [-0.3, -0.25) is 0 Å². The zero-order valence-electron chi connectivity index (χ0n) is 44.3. The van der Waals surface area contributed by atoms with Gasteiger partial charge in [0.15, 0.2) is 0 Å². The first kappa shape index (κ1) is 47.3. The highest BCUT2D eigenvalue weighted by atomic mass is 15.1. The maximum Gasteiger partial charge on any atom is 0.0540 e. The van der Waals surface area contributed by atoms with E-state index in [1.807, 2.05) is 0 Å². The number of hydrogen-bond acceptors (Lipinski definition) is 2. The molecule has 0 heterocycles. The Kier molecular flexibility index (Phi) is 12.4. The highest BCUT2D eigenvalue weighted by Gasteiger charge is 2.30. The minimum atomic E-state index is 1.07. The first-order chi connectivity index (χ1) is 37.6. The summed E-state index contributed by atoms with van der Waals surface area (Å²) < 4.78 is 0. The fraction of sp³-hybridized carbons (Fsp3) is 0.162. The molecule has 0 aromatic heterocycles. The normalized spacial score (nSPS) is 11.8. The van der Waals surface area contributed by atoms with Crippen LogP contribution in [-0.2, 0) is 25.7 Å². The Morgan fingerprint density at radius 3 is 0.803 bits per heavy atom. The maximum atomic E-state index is 2.49. The van der Waals surface area contributed by atoms with Gasteiger partial charge < -0.3 is 9.80 Å². The second-order valence-electron chi connectivity index (χ2n) is 21.0. The van der Waals surface area contributed by atoms with Crippen LogP contribution >= 0.6 is 0 Å². The third-order valence-corrected chi connectivity index (χ3v) is 16.2. The molecular weight excluding hydrogens is 917 g/mol. The lowest BCUT2D eigenvalue weighted by molar-refractivity contribution is 0.921. The maximum absolute atomic E-state index is 2.49. The summed E-state index contributed by atoms with van der Waals surface area (Å²) in [5.74, 6) is 0. The van der Waals surface area contributed by atoms with Crippen molar-refractivity contribution in [1.82, 2.24) is 0 Å². The molecule has 13 aromatic rings. The molecule has 0 aliphatic rings. The molecule has 0 bridgehead atoms. The highest BCUT2D eigenvalue weighted by Crippen LogP contribution is 2.57. The van der Waals surface area contributed by atoms with E-state index >= 15 is 0 Å². The first-order valence-electron chi connectivity index (χ1n) is 28.0. The molecule has 0 aliphatic carbocycles. The van der Waals surface area contributed by atoms with Gasteiger partial charge in [0.05, 0.1) is 11.4 Å². The number of nitrogens with zero attached hydrogens (tertiary/aromatic N) is 2. The molecule has 2 nitrogen and oxygen atoms in total. The molecule has 0 fully saturated rings. The number of aryl methyl sites for hydroxylation is 4. The smallest absolute Gasteiger partial charge is 0.0540 e. The van der Waals surface area contributed by atoms with Gasteiger partial charge in [-0.25, -0.2) is 0 Å². The summed E-state index contributed by atoms with van der Waals surface area (Å²) in [4.78, 5) is 4.98. The van der Waals surface area contributed by atoms with E-state index in [1.54, 1.807) is 0 Å². The second kappa shape index (κ2) is 20.0. The van der Waals surface area contributed by atoms with Crippen LogP contribution < -0.4 is 9.80 Å². The largest absolute Gasteiger partial charge is 0.310 e. The predicted molar refractivity (Wildman–Crippen MR) is 330 cm³/mol. The van der Waals surface area contributed by atoms with Crippen LogP contribution in [0.1, 0.15) is 75.6 Å². The molecule has 0 radical (unpaired) electrons. The third kappa shape index (κ3) is 7.93. The van der Waals surface area contributed by atoms with Crippen molar-refractivity contribution in [2.24, 2.45) is 0 Å². The highest BCUT2D eigenvalue weighted by molar-refractivity contribution is 6.47. The van der Waals surface area contributed by atoms with Crippen molar-refractivity contribution in [3.05, 3.63) is 241 Å². The Bertz CT molecular complexity index is 3730. The van der Waals surface area contributed by atoms with Crippen molar-refractivity contribution in [2.45, 2.75) is 79.1 Å². The third-order valence-electron chi connectivity index (χ3n) is 16.2. The standard InChI is InChI=1S/C74H64N2/c1-5-17-49-29-37-55(38-30-49)75(56-39-31-50(18-6-2)32-40-56)65-47-45-63-69-59(65)25-15-27-61(69)71-67(53-21-11-9-12-22-53)74-64-46-48-66(60-26-16-28-62(70(60)64)72(74)68(73(63)71)54-23-13-10-14-24-54)76(57-41-33-51(19-7-3)34-42-57)58-43-35-52(20-8-4)36-44-58/h9-16,21-48H,5-8,17-20H2,1-4H3. The van der Waals surface area contributed by atoms with Gasteiger partial charge in [-0.05, 0) is 185 Å². The first-order valence-corrected chi connectivity index (χ1v) is 28.0. The van der Waals surface area contributed by atoms with E-state index in [1.165, 1.54) is 121 Å². The number of fused-ring (bicyclic) bond motifs is 6. The number of rotatable bonds is 16. The number of hydrogen-bond donors (Lipinski definition) is 0. The fourth-order valence-corrected chi connectivity index (χ4v) is 12.9. The Hall–Kier alpha value is -8.46. The van der Waals surface area contributed by atoms with Crippen molar-refractivity contribution in [1.29, 1.82) is 0 Å². The summed E-state index contributed by atoms with van der Waals surface area (Å²) in [5.41, 5.74) is 17.6. The van der Waals surface area contributed by atoms with Crippen LogP contribution in [0.25, 0.3) is 86.9 Å². The van der Waals surface area contributed by atoms with Crippen LogP contribution in [0.5, 0.6) is 0 Å². The molecule has 0 atom stereocenters. The van der Waals surface area contributed by atoms with Gasteiger partial charge in [0, 0.05) is 33.5 Å². The van der Waals surface area contributed by atoms with Gasteiger partial charge in [-0.1, -0.05) is 211 Å². The Labute approximate surface area is 448 Å². The van der Waals surface area contributed by atoms with E-state index in [2.05, 4.69) is 256 Å². The van der Waals surface area contributed by atoms with Crippen molar-refractivity contribution >= 4 is 98.8 Å². The Morgan fingerprint density at radius 1 is 0.237 bits per heavy atom. The van der Waals surface area contributed by atoms with E-state index in [0.717, 1.165) is 74.1 Å². The minimum Gasteiger partial charge on any atom is -0.310 e. The average Bonchev–Trinajstić information content (AvgIpc) is 3.99. The zero-order valence-corrected chi connectivity index (χ0v) is 44.3. The Balaban J connectivity index is 1.13. The molecule has 0 unspecified atom stereocenters. The SMILES string of the molecule is CCCc1ccc(N(c2ccc(CCC)cc2)c2ccc3c4c(-c5ccccc5)c5c6cccc7c(N(c8ccc(CCC)cc8)c8ccc(CCC)cc8)ccc(c5c(-c5ccccc5)c4c4cccc2c43)c76)cc1. The summed E-state index contributed by atoms with van der Waals surface area (Å²) in [6.07, 6.45) is 8.79. The lowest BCUT2D eigenvalue weighted by Gasteiger charge is -2.27. The lowest BCUT2D eigenvalue weighted by atomic mass is 9.87. The van der Waals surface area contributed by atoms with Gasteiger partial charge in [-0.15, -0.1) is 0 Å². The van der Waals surface area contributed by atoms with Crippen LogP contribution in [-0.4, -0.2) is 0 Å². The quantitative estimate of drug-likeness (QED) is 0.0952. The summed E-state index contributed by atoms with van der Waals surface area (Å²) >= 11 is 0. The molecule has 0 saturated heterocycles. The van der Waals surface area contributed by atoms with E-state index < -0.39 is 0 Å². The number of benzene rings is 11. The molecule has 76 heavy (non-hydrogen) atoms. The molecule has 0 spiro atoms. The average molecular weight is 981 g/mol. The summed E-state index contributed by atoms with van der Waals surface area (Å²) in [6, 6.07) is 83.5. The topological polar surface area (TPSA) is 6.48 Å². The van der Waals surface area contributed by atoms with E-state index in [9.17, 15) is 0 Å². The minimum absolute atomic E-state index is 1.07. The van der Waals surface area contributed by atoms with Crippen LogP contribution in [0.15, 0.2) is 218 Å². The van der Waals surface area contributed by atoms with Gasteiger partial charge in [0.1, 0.15) is 0 Å². The van der Waals surface area contributed by atoms with Gasteiger partial charge in [-0.2, -0.15) is 0 Å². The second-order valence-corrected chi connectivity index (χ2v) is 21.0. The Morgan fingerprint density at radius 2 is 0.513 bits per heavy atom. The molecule has 0 amide bonds. The van der Waals surface area contributed by atoms with Crippen LogP contribution in [0.4, 0.5) is 34.1 Å². The summed E-state index contributed by atoms with van der Waals surface area (Å²) in [5, 5.41) is 15.5. The lowest BCUT2D eigenvalue weighted by Crippen LogP contribution is -2.10. The molecule has 0 saturated carbocycles. The van der Waals surface area contributed by atoms with Gasteiger partial charge >= 0.3 is 0 Å². The van der Waals surface area contributed by atoms with E-state index in [0.29, 0.717) is 0 Å². The molecule has 0 N–H and O–H groups in total. The van der Waals surface area contributed by atoms with Crippen molar-refractivity contribution < 1.29 is 0 Å². The predicted octanol–water partition coefficient (Wildman–Crippen LogP) is 21.6. The summed E-state index contributed by atoms with van der Waals surface area (Å²) in [7, 11) is 0. The molecule has 370 valence electrons. The van der Waals surface area contributed by atoms with E-state index in [-0.39, 0.29) is 0 Å². The molecule has 2 heteroatoms. The molecule has 13 rings (SSSR count). The van der Waals surface area contributed by atoms with Crippen molar-refractivity contribution in [2.75, 3.05) is 9.80 Å². The fourth-order valence-electron chi connectivity index (χ4n) is 12.9. The molecule has 13 aromatic carbocycles. The van der Waals surface area contributed by atoms with Crippen LogP contribution in [0, 0.1) is 0 Å². The molecule has 0 aliphatic heterocycles. The van der Waals surface area contributed by atoms with Crippen LogP contribution in [0.2, 0.25) is 0 Å². The zero-order chi connectivity index (χ0) is 51.3. The van der Waals surface area contributed by atoms with Crippen LogP contribution in [0.3, 0.4) is 0 Å². The molecular formula is C74H64N2. The monoisotopic (exact) mass is 981 g/mol. The van der Waals surface area contributed by atoms with E-state index in [4.69, 9.17) is 0 Å². The van der Waals surface area contributed by atoms with Gasteiger partial charge in [0.25, 0.3) is 0 Å². The van der Waals surface area contributed by atoms with Crippen molar-refractivity contribution in [3.8, 4) is 22.3 Å².